The van der Waals surface area contributed by atoms with E-state index in [1.54, 1.807) is 0 Å². The van der Waals surface area contributed by atoms with Crippen molar-refractivity contribution in [1.82, 2.24) is 5.32 Å². The van der Waals surface area contributed by atoms with E-state index in [1.807, 2.05) is 25.1 Å². The standard InChI is InChI=1S/C16H21NO2/c1-11-13(12-6-2-5-9-16(12)19-11)10-17-14-7-3-4-8-15(14)18/h2,5-6,9,14-15,17-18H,3-4,7-8,10H2,1H3. The zero-order valence-electron chi connectivity index (χ0n) is 11.4. The molecule has 2 N–H and O–H groups in total. The smallest absolute Gasteiger partial charge is 0.134 e. The Kier molecular flexibility index (Phi) is 3.58. The average Bonchev–Trinajstić information content (AvgIpc) is 2.74. The zero-order chi connectivity index (χ0) is 13.2. The second kappa shape index (κ2) is 5.35. The van der Waals surface area contributed by atoms with Gasteiger partial charge in [0.1, 0.15) is 11.3 Å². The molecule has 1 fully saturated rings. The molecule has 1 aromatic carbocycles. The maximum Gasteiger partial charge on any atom is 0.134 e. The van der Waals surface area contributed by atoms with Crippen LogP contribution >= 0.6 is 0 Å². The maximum atomic E-state index is 9.99. The van der Waals surface area contributed by atoms with Crippen LogP contribution in [0.1, 0.15) is 37.0 Å². The highest BCUT2D eigenvalue weighted by molar-refractivity contribution is 5.82. The number of hydrogen-bond acceptors (Lipinski definition) is 3. The van der Waals surface area contributed by atoms with Crippen molar-refractivity contribution in [3.63, 3.8) is 0 Å². The molecule has 0 spiro atoms. The molecule has 1 aliphatic carbocycles. The van der Waals surface area contributed by atoms with Crippen LogP contribution in [0.2, 0.25) is 0 Å². The maximum absolute atomic E-state index is 9.99. The van der Waals surface area contributed by atoms with Crippen LogP contribution in [0.5, 0.6) is 0 Å². The van der Waals surface area contributed by atoms with Gasteiger partial charge in [0, 0.05) is 23.5 Å². The van der Waals surface area contributed by atoms with Crippen LogP contribution in [0.4, 0.5) is 0 Å². The lowest BCUT2D eigenvalue weighted by Crippen LogP contribution is -2.41. The molecule has 0 saturated heterocycles. The fraction of sp³-hybridized carbons (Fsp3) is 0.500. The van der Waals surface area contributed by atoms with Crippen LogP contribution in [0.3, 0.4) is 0 Å². The summed E-state index contributed by atoms with van der Waals surface area (Å²) in [5, 5.41) is 14.7. The molecule has 1 heterocycles. The first-order chi connectivity index (χ1) is 9.25. The van der Waals surface area contributed by atoms with Crippen molar-refractivity contribution in [2.24, 2.45) is 0 Å². The van der Waals surface area contributed by atoms with Crippen molar-refractivity contribution < 1.29 is 9.52 Å². The first-order valence-corrected chi connectivity index (χ1v) is 7.14. The van der Waals surface area contributed by atoms with Gasteiger partial charge in [-0.25, -0.2) is 0 Å². The van der Waals surface area contributed by atoms with Crippen LogP contribution in [0.15, 0.2) is 28.7 Å². The number of nitrogens with one attached hydrogen (secondary N) is 1. The van der Waals surface area contributed by atoms with Crippen LogP contribution in [-0.2, 0) is 6.54 Å². The summed E-state index contributed by atoms with van der Waals surface area (Å²) < 4.78 is 5.76. The van der Waals surface area contributed by atoms with Crippen molar-refractivity contribution in [1.29, 1.82) is 0 Å². The van der Waals surface area contributed by atoms with Gasteiger partial charge in [-0.05, 0) is 25.8 Å². The predicted octanol–water partition coefficient (Wildman–Crippen LogP) is 3.13. The lowest BCUT2D eigenvalue weighted by Gasteiger charge is -2.28. The molecule has 0 radical (unpaired) electrons. The van der Waals surface area contributed by atoms with E-state index in [4.69, 9.17) is 4.42 Å². The van der Waals surface area contributed by atoms with Crippen molar-refractivity contribution in [2.45, 2.75) is 51.3 Å². The van der Waals surface area contributed by atoms with Gasteiger partial charge < -0.3 is 14.8 Å². The highest BCUT2D eigenvalue weighted by Crippen LogP contribution is 2.26. The normalized spacial score (nSPS) is 23.9. The van der Waals surface area contributed by atoms with Gasteiger partial charge in [0.05, 0.1) is 6.10 Å². The number of aliphatic hydroxyl groups excluding tert-OH is 1. The summed E-state index contributed by atoms with van der Waals surface area (Å²) in [4.78, 5) is 0. The number of para-hydroxylation sites is 1. The monoisotopic (exact) mass is 259 g/mol. The van der Waals surface area contributed by atoms with E-state index in [0.29, 0.717) is 0 Å². The minimum absolute atomic E-state index is 0.202. The van der Waals surface area contributed by atoms with E-state index in [1.165, 1.54) is 17.4 Å². The molecule has 1 saturated carbocycles. The molecule has 1 aliphatic rings. The molecule has 2 unspecified atom stereocenters. The molecule has 0 bridgehead atoms. The van der Waals surface area contributed by atoms with Gasteiger partial charge >= 0.3 is 0 Å². The molecule has 3 nitrogen and oxygen atoms in total. The van der Waals surface area contributed by atoms with E-state index in [9.17, 15) is 5.11 Å². The van der Waals surface area contributed by atoms with E-state index in [0.717, 1.165) is 37.2 Å². The third-order valence-corrected chi connectivity index (χ3v) is 4.17. The molecule has 0 amide bonds. The number of hydrogen-bond donors (Lipinski definition) is 2. The summed E-state index contributed by atoms with van der Waals surface area (Å²) >= 11 is 0. The van der Waals surface area contributed by atoms with Crippen molar-refractivity contribution in [2.75, 3.05) is 0 Å². The zero-order valence-corrected chi connectivity index (χ0v) is 11.4. The molecular weight excluding hydrogens is 238 g/mol. The summed E-state index contributed by atoms with van der Waals surface area (Å²) in [5.74, 6) is 0.971. The molecule has 3 rings (SSSR count). The van der Waals surface area contributed by atoms with Crippen LogP contribution in [-0.4, -0.2) is 17.3 Å². The number of benzene rings is 1. The lowest BCUT2D eigenvalue weighted by atomic mass is 9.92. The number of aliphatic hydroxyl groups is 1. The highest BCUT2D eigenvalue weighted by atomic mass is 16.3. The first-order valence-electron chi connectivity index (χ1n) is 7.14. The van der Waals surface area contributed by atoms with E-state index in [2.05, 4.69) is 11.4 Å². The number of fused-ring (bicyclic) bond motifs is 1. The van der Waals surface area contributed by atoms with Gasteiger partial charge in [-0.1, -0.05) is 31.0 Å². The van der Waals surface area contributed by atoms with Crippen molar-refractivity contribution >= 4 is 11.0 Å². The predicted molar refractivity (Wildman–Crippen MR) is 76.1 cm³/mol. The van der Waals surface area contributed by atoms with Gasteiger partial charge in [0.15, 0.2) is 0 Å². The molecule has 2 aromatic rings. The van der Waals surface area contributed by atoms with Gasteiger partial charge in [-0.3, -0.25) is 0 Å². The van der Waals surface area contributed by atoms with Crippen LogP contribution in [0, 0.1) is 6.92 Å². The Morgan fingerprint density at radius 1 is 1.26 bits per heavy atom. The minimum atomic E-state index is -0.202. The van der Waals surface area contributed by atoms with Gasteiger partial charge in [0.2, 0.25) is 0 Å². The SMILES string of the molecule is Cc1oc2ccccc2c1CNC1CCCCC1O. The number of rotatable bonds is 3. The molecule has 0 aliphatic heterocycles. The van der Waals surface area contributed by atoms with E-state index < -0.39 is 0 Å². The minimum Gasteiger partial charge on any atom is -0.461 e. The molecular formula is C16H21NO2. The Morgan fingerprint density at radius 3 is 2.89 bits per heavy atom. The molecule has 2 atom stereocenters. The summed E-state index contributed by atoms with van der Waals surface area (Å²) in [6.07, 6.45) is 4.14. The van der Waals surface area contributed by atoms with Crippen LogP contribution < -0.4 is 5.32 Å². The first kappa shape index (κ1) is 12.7. The van der Waals surface area contributed by atoms with Gasteiger partial charge in [-0.2, -0.15) is 0 Å². The Bertz CT molecular complexity index is 561. The molecule has 3 heteroatoms. The Balaban J connectivity index is 1.76. The second-order valence-electron chi connectivity index (χ2n) is 5.47. The number of furan rings is 1. The largest absolute Gasteiger partial charge is 0.461 e. The Hall–Kier alpha value is -1.32. The third-order valence-electron chi connectivity index (χ3n) is 4.17. The summed E-state index contributed by atoms with van der Waals surface area (Å²) in [6.45, 7) is 2.78. The Morgan fingerprint density at radius 2 is 2.05 bits per heavy atom. The van der Waals surface area contributed by atoms with Crippen molar-refractivity contribution in [3.8, 4) is 0 Å². The fourth-order valence-electron chi connectivity index (χ4n) is 3.02. The fourth-order valence-corrected chi connectivity index (χ4v) is 3.02. The number of aryl methyl sites for hydroxylation is 1. The molecule has 19 heavy (non-hydrogen) atoms. The van der Waals surface area contributed by atoms with E-state index in [-0.39, 0.29) is 12.1 Å². The second-order valence-corrected chi connectivity index (χ2v) is 5.47. The van der Waals surface area contributed by atoms with Crippen LogP contribution in [0.25, 0.3) is 11.0 Å². The highest BCUT2D eigenvalue weighted by Gasteiger charge is 2.23. The summed E-state index contributed by atoms with van der Waals surface area (Å²) in [6, 6.07) is 8.35. The van der Waals surface area contributed by atoms with Gasteiger partial charge in [0.25, 0.3) is 0 Å². The third kappa shape index (κ3) is 2.53. The summed E-state index contributed by atoms with van der Waals surface area (Å²) in [7, 11) is 0. The Labute approximate surface area is 113 Å². The topological polar surface area (TPSA) is 45.4 Å². The van der Waals surface area contributed by atoms with Crippen molar-refractivity contribution in [3.05, 3.63) is 35.6 Å². The quantitative estimate of drug-likeness (QED) is 0.890. The lowest BCUT2D eigenvalue weighted by molar-refractivity contribution is 0.0902. The summed E-state index contributed by atoms with van der Waals surface area (Å²) in [5.41, 5.74) is 2.16. The van der Waals surface area contributed by atoms with E-state index >= 15 is 0 Å². The molecule has 102 valence electrons. The average molecular weight is 259 g/mol. The van der Waals surface area contributed by atoms with Gasteiger partial charge in [-0.15, -0.1) is 0 Å². The molecule has 1 aromatic heterocycles.